The second-order valence-electron chi connectivity index (χ2n) is 6.33. The molecule has 0 radical (unpaired) electrons. The molecule has 2 N–H and O–H groups in total. The van der Waals surface area contributed by atoms with E-state index in [4.69, 9.17) is 0 Å². The highest BCUT2D eigenvalue weighted by atomic mass is 19.1. The SMILES string of the molecule is CCN(CC)c1ccc(Nc2ccc(C(=O)Nc3c(F)cccc3F)nc2)cc1. The maximum Gasteiger partial charge on any atom is 0.274 e. The number of halogens is 2. The average Bonchev–Trinajstić information content (AvgIpc) is 2.73. The van der Waals surface area contributed by atoms with Crippen LogP contribution in [0.15, 0.2) is 60.8 Å². The number of anilines is 4. The zero-order chi connectivity index (χ0) is 20.8. The van der Waals surface area contributed by atoms with Crippen molar-refractivity contribution < 1.29 is 13.6 Å². The first-order valence-corrected chi connectivity index (χ1v) is 9.35. The zero-order valence-corrected chi connectivity index (χ0v) is 16.2. The summed E-state index contributed by atoms with van der Waals surface area (Å²) < 4.78 is 27.3. The summed E-state index contributed by atoms with van der Waals surface area (Å²) in [7, 11) is 0. The maximum atomic E-state index is 13.7. The summed E-state index contributed by atoms with van der Waals surface area (Å²) in [6.07, 6.45) is 1.49. The van der Waals surface area contributed by atoms with E-state index in [-0.39, 0.29) is 5.69 Å². The third-order valence-corrected chi connectivity index (χ3v) is 4.48. The van der Waals surface area contributed by atoms with Crippen LogP contribution in [0.25, 0.3) is 0 Å². The quantitative estimate of drug-likeness (QED) is 0.576. The molecular weight excluding hydrogens is 374 g/mol. The third-order valence-electron chi connectivity index (χ3n) is 4.48. The van der Waals surface area contributed by atoms with E-state index >= 15 is 0 Å². The lowest BCUT2D eigenvalue weighted by atomic mass is 10.2. The van der Waals surface area contributed by atoms with E-state index < -0.39 is 23.2 Å². The van der Waals surface area contributed by atoms with Gasteiger partial charge < -0.3 is 15.5 Å². The van der Waals surface area contributed by atoms with Crippen LogP contribution in [0.2, 0.25) is 0 Å². The van der Waals surface area contributed by atoms with Gasteiger partial charge >= 0.3 is 0 Å². The molecule has 0 atom stereocenters. The van der Waals surface area contributed by atoms with Crippen molar-refractivity contribution in [2.45, 2.75) is 13.8 Å². The number of nitrogens with one attached hydrogen (secondary N) is 2. The van der Waals surface area contributed by atoms with Crippen LogP contribution in [0.4, 0.5) is 31.5 Å². The van der Waals surface area contributed by atoms with Crippen LogP contribution >= 0.6 is 0 Å². The number of benzene rings is 2. The molecule has 7 heteroatoms. The van der Waals surface area contributed by atoms with E-state index in [0.29, 0.717) is 5.69 Å². The van der Waals surface area contributed by atoms with Crippen LogP contribution in [0, 0.1) is 11.6 Å². The van der Waals surface area contributed by atoms with Crippen LogP contribution in [0.5, 0.6) is 0 Å². The Balaban J connectivity index is 1.66. The summed E-state index contributed by atoms with van der Waals surface area (Å²) in [6.45, 7) is 6.10. The number of hydrogen-bond acceptors (Lipinski definition) is 4. The first kappa shape index (κ1) is 20.3. The van der Waals surface area contributed by atoms with Gasteiger partial charge in [0.1, 0.15) is 23.0 Å². The van der Waals surface area contributed by atoms with Crippen molar-refractivity contribution in [2.75, 3.05) is 28.6 Å². The molecule has 0 aliphatic rings. The Bertz CT molecular complexity index is 951. The van der Waals surface area contributed by atoms with E-state index in [2.05, 4.69) is 34.4 Å². The summed E-state index contributed by atoms with van der Waals surface area (Å²) in [5.74, 6) is -2.38. The molecule has 0 unspecified atom stereocenters. The highest BCUT2D eigenvalue weighted by Crippen LogP contribution is 2.22. The Labute approximate surface area is 168 Å². The number of carbonyl (C=O) groups excluding carboxylic acids is 1. The lowest BCUT2D eigenvalue weighted by molar-refractivity contribution is 0.102. The van der Waals surface area contributed by atoms with Gasteiger partial charge in [-0.05, 0) is 62.4 Å². The number of amides is 1. The number of aromatic nitrogens is 1. The molecule has 0 fully saturated rings. The maximum absolute atomic E-state index is 13.7. The second-order valence-corrected chi connectivity index (χ2v) is 6.33. The molecule has 0 saturated carbocycles. The van der Waals surface area contributed by atoms with Crippen molar-refractivity contribution in [3.05, 3.63) is 78.1 Å². The van der Waals surface area contributed by atoms with E-state index in [1.165, 1.54) is 18.3 Å². The molecule has 3 aromatic rings. The molecule has 2 aromatic carbocycles. The Morgan fingerprint density at radius 3 is 2.10 bits per heavy atom. The normalized spacial score (nSPS) is 10.5. The fourth-order valence-electron chi connectivity index (χ4n) is 2.91. The monoisotopic (exact) mass is 396 g/mol. The molecule has 1 heterocycles. The molecule has 0 saturated heterocycles. The van der Waals surface area contributed by atoms with Crippen LogP contribution in [0.3, 0.4) is 0 Å². The lowest BCUT2D eigenvalue weighted by Crippen LogP contribution is -2.21. The fourth-order valence-corrected chi connectivity index (χ4v) is 2.91. The Morgan fingerprint density at radius 1 is 0.931 bits per heavy atom. The Morgan fingerprint density at radius 2 is 1.55 bits per heavy atom. The second kappa shape index (κ2) is 9.14. The van der Waals surface area contributed by atoms with Gasteiger partial charge in [0.25, 0.3) is 5.91 Å². The lowest BCUT2D eigenvalue weighted by Gasteiger charge is -2.21. The third kappa shape index (κ3) is 4.87. The summed E-state index contributed by atoms with van der Waals surface area (Å²) in [4.78, 5) is 18.5. The van der Waals surface area contributed by atoms with Gasteiger partial charge in [-0.1, -0.05) is 6.07 Å². The zero-order valence-electron chi connectivity index (χ0n) is 16.2. The summed E-state index contributed by atoms with van der Waals surface area (Å²) in [6, 6.07) is 14.5. The highest BCUT2D eigenvalue weighted by Gasteiger charge is 2.14. The van der Waals surface area contributed by atoms with Crippen LogP contribution in [0.1, 0.15) is 24.3 Å². The smallest absolute Gasteiger partial charge is 0.274 e. The minimum atomic E-state index is -0.843. The van der Waals surface area contributed by atoms with E-state index in [9.17, 15) is 13.6 Å². The number of rotatable bonds is 7. The van der Waals surface area contributed by atoms with Gasteiger partial charge in [-0.25, -0.2) is 13.8 Å². The van der Waals surface area contributed by atoms with Crippen LogP contribution in [-0.2, 0) is 0 Å². The van der Waals surface area contributed by atoms with Crippen molar-refractivity contribution >= 4 is 28.7 Å². The van der Waals surface area contributed by atoms with Crippen molar-refractivity contribution in [1.29, 1.82) is 0 Å². The van der Waals surface area contributed by atoms with E-state index in [0.717, 1.165) is 36.6 Å². The fraction of sp³-hybridized carbons (Fsp3) is 0.182. The summed E-state index contributed by atoms with van der Waals surface area (Å²) in [5.41, 5.74) is 2.28. The van der Waals surface area contributed by atoms with Gasteiger partial charge in [-0.2, -0.15) is 0 Å². The van der Waals surface area contributed by atoms with Crippen LogP contribution < -0.4 is 15.5 Å². The molecule has 0 bridgehead atoms. The van der Waals surface area contributed by atoms with Crippen molar-refractivity contribution in [3.63, 3.8) is 0 Å². The molecule has 1 aromatic heterocycles. The standard InChI is InChI=1S/C22H22F2N4O/c1-3-28(4-2)17-11-8-15(9-12-17)26-16-10-13-20(25-14-16)22(29)27-21-18(23)6-5-7-19(21)24/h5-14,26H,3-4H2,1-2H3,(H,27,29). The average molecular weight is 396 g/mol. The topological polar surface area (TPSA) is 57.3 Å². The highest BCUT2D eigenvalue weighted by molar-refractivity contribution is 6.03. The molecule has 3 rings (SSSR count). The van der Waals surface area contributed by atoms with Gasteiger partial charge in [0, 0.05) is 24.5 Å². The minimum Gasteiger partial charge on any atom is -0.372 e. The molecule has 0 aliphatic carbocycles. The molecule has 150 valence electrons. The first-order valence-electron chi connectivity index (χ1n) is 9.35. The molecule has 29 heavy (non-hydrogen) atoms. The summed E-state index contributed by atoms with van der Waals surface area (Å²) >= 11 is 0. The molecule has 0 spiro atoms. The largest absolute Gasteiger partial charge is 0.372 e. The van der Waals surface area contributed by atoms with Gasteiger partial charge in [0.15, 0.2) is 0 Å². The molecule has 5 nitrogen and oxygen atoms in total. The molecular formula is C22H22F2N4O. The molecule has 1 amide bonds. The molecule has 0 aliphatic heterocycles. The van der Waals surface area contributed by atoms with E-state index in [1.807, 2.05) is 24.3 Å². The van der Waals surface area contributed by atoms with Gasteiger partial charge in [0.2, 0.25) is 0 Å². The van der Waals surface area contributed by atoms with E-state index in [1.54, 1.807) is 6.07 Å². The number of hydrogen-bond donors (Lipinski definition) is 2. The van der Waals surface area contributed by atoms with Crippen molar-refractivity contribution in [2.24, 2.45) is 0 Å². The van der Waals surface area contributed by atoms with Crippen LogP contribution in [-0.4, -0.2) is 24.0 Å². The van der Waals surface area contributed by atoms with Crippen molar-refractivity contribution in [1.82, 2.24) is 4.98 Å². The predicted octanol–water partition coefficient (Wildman–Crippen LogP) is 5.20. The number of nitrogens with zero attached hydrogens (tertiary/aromatic N) is 2. The van der Waals surface area contributed by atoms with Crippen molar-refractivity contribution in [3.8, 4) is 0 Å². The Hall–Kier alpha value is -3.48. The predicted molar refractivity (Wildman–Crippen MR) is 112 cm³/mol. The summed E-state index contributed by atoms with van der Waals surface area (Å²) in [5, 5.41) is 5.42. The number of carbonyl (C=O) groups is 1. The number of pyridine rings is 1. The van der Waals surface area contributed by atoms with Gasteiger partial charge in [-0.3, -0.25) is 4.79 Å². The Kier molecular flexibility index (Phi) is 6.39. The van der Waals surface area contributed by atoms with Gasteiger partial charge in [0.05, 0.1) is 11.9 Å². The number of para-hydroxylation sites is 1. The minimum absolute atomic E-state index is 0.0510. The van der Waals surface area contributed by atoms with Gasteiger partial charge in [-0.15, -0.1) is 0 Å². The first-order chi connectivity index (χ1) is 14.0.